The number of aliphatic carboxylic acids is 3. The van der Waals surface area contributed by atoms with E-state index in [0.29, 0.717) is 30.7 Å². The number of hydrogen-bond acceptors (Lipinski definition) is 7. The zero-order valence-electron chi connectivity index (χ0n) is 21.0. The lowest BCUT2D eigenvalue weighted by molar-refractivity contribution is -0.141. The van der Waals surface area contributed by atoms with Gasteiger partial charge in [0.15, 0.2) is 0 Å². The Labute approximate surface area is 219 Å². The van der Waals surface area contributed by atoms with Gasteiger partial charge in [-0.2, -0.15) is 0 Å². The van der Waals surface area contributed by atoms with Crippen LogP contribution in [-0.2, 0) is 30.4 Å². The Balaban J connectivity index is 2.42. The summed E-state index contributed by atoms with van der Waals surface area (Å²) in [5.74, 6) is -3.91. The number of hydrogen-bond donors (Lipinski definition) is 7. The normalized spacial score (nSPS) is 11.9. The molecule has 0 aromatic heterocycles. The van der Waals surface area contributed by atoms with Crippen molar-refractivity contribution >= 4 is 35.8 Å². The van der Waals surface area contributed by atoms with Crippen LogP contribution in [0.1, 0.15) is 44.6 Å². The molecule has 14 nitrogen and oxygen atoms in total. The molecule has 2 atom stereocenters. The summed E-state index contributed by atoms with van der Waals surface area (Å²) in [6.07, 6.45) is -0.00358. The van der Waals surface area contributed by atoms with E-state index in [4.69, 9.17) is 14.9 Å². The number of unbranched alkanes of at least 4 members (excludes halogenated alkanes) is 1. The van der Waals surface area contributed by atoms with Crippen LogP contribution in [0, 0.1) is 0 Å². The topological polar surface area (TPSA) is 220 Å². The maximum absolute atomic E-state index is 12.3. The van der Waals surface area contributed by atoms with Crippen molar-refractivity contribution in [3.8, 4) is 5.75 Å². The van der Waals surface area contributed by atoms with Gasteiger partial charge in [0.25, 0.3) is 0 Å². The number of carboxylic acid groups (broad SMARTS) is 3. The van der Waals surface area contributed by atoms with Crippen molar-refractivity contribution in [3.63, 3.8) is 0 Å². The van der Waals surface area contributed by atoms with Crippen LogP contribution < -0.4 is 26.0 Å². The third-order valence-corrected chi connectivity index (χ3v) is 5.15. The Morgan fingerprint density at radius 2 is 1.47 bits per heavy atom. The summed E-state index contributed by atoms with van der Waals surface area (Å²) in [6, 6.07) is 3.17. The average Bonchev–Trinajstić information content (AvgIpc) is 2.83. The Kier molecular flexibility index (Phi) is 14.3. The number of nitrogens with one attached hydrogen (secondary N) is 4. The van der Waals surface area contributed by atoms with E-state index in [0.717, 1.165) is 0 Å². The monoisotopic (exact) mass is 538 g/mol. The molecular formula is C24H34N4O10. The second-order valence-corrected chi connectivity index (χ2v) is 8.29. The molecule has 4 amide bonds. The minimum atomic E-state index is -1.48. The molecule has 38 heavy (non-hydrogen) atoms. The number of para-hydroxylation sites is 1. The zero-order chi connectivity index (χ0) is 28.5. The van der Waals surface area contributed by atoms with E-state index in [1.807, 2.05) is 0 Å². The number of benzene rings is 1. The lowest BCUT2D eigenvalue weighted by Gasteiger charge is -2.18. The fourth-order valence-electron chi connectivity index (χ4n) is 3.26. The van der Waals surface area contributed by atoms with Crippen molar-refractivity contribution < 1.29 is 48.8 Å². The molecule has 0 heterocycles. The molecule has 0 saturated carbocycles. The van der Waals surface area contributed by atoms with Gasteiger partial charge in [-0.05, 0) is 31.7 Å². The molecule has 1 aromatic carbocycles. The summed E-state index contributed by atoms with van der Waals surface area (Å²) < 4.78 is 5.62. The van der Waals surface area contributed by atoms with Crippen molar-refractivity contribution in [1.29, 1.82) is 0 Å². The molecular weight excluding hydrogens is 504 g/mol. The highest BCUT2D eigenvalue weighted by molar-refractivity contribution is 5.86. The molecule has 14 heteroatoms. The Hall–Kier alpha value is -4.36. The first-order valence-electron chi connectivity index (χ1n) is 12.0. The highest BCUT2D eigenvalue weighted by atomic mass is 16.5. The molecule has 0 spiro atoms. The van der Waals surface area contributed by atoms with Gasteiger partial charge in [0.05, 0.1) is 13.0 Å². The van der Waals surface area contributed by atoms with Crippen LogP contribution in [0.4, 0.5) is 4.79 Å². The van der Waals surface area contributed by atoms with Crippen molar-refractivity contribution in [2.24, 2.45) is 0 Å². The highest BCUT2D eigenvalue weighted by Crippen LogP contribution is 2.18. The first-order valence-corrected chi connectivity index (χ1v) is 12.0. The van der Waals surface area contributed by atoms with Crippen molar-refractivity contribution in [2.75, 3.05) is 19.7 Å². The number of amides is 4. The van der Waals surface area contributed by atoms with E-state index in [9.17, 15) is 33.9 Å². The quantitative estimate of drug-likeness (QED) is 0.125. The third-order valence-electron chi connectivity index (χ3n) is 5.15. The fourth-order valence-corrected chi connectivity index (χ4v) is 3.26. The van der Waals surface area contributed by atoms with Crippen LogP contribution in [0.2, 0.25) is 0 Å². The smallest absolute Gasteiger partial charge is 0.326 e. The molecule has 0 aliphatic carbocycles. The molecule has 0 fully saturated rings. The van der Waals surface area contributed by atoms with Crippen molar-refractivity contribution in [1.82, 2.24) is 21.3 Å². The zero-order valence-corrected chi connectivity index (χ0v) is 21.0. The van der Waals surface area contributed by atoms with Crippen LogP contribution in [0.15, 0.2) is 24.3 Å². The van der Waals surface area contributed by atoms with Crippen molar-refractivity contribution in [3.05, 3.63) is 29.8 Å². The van der Waals surface area contributed by atoms with Gasteiger partial charge in [-0.3, -0.25) is 14.4 Å². The fraction of sp³-hybridized carbons (Fsp3) is 0.500. The summed E-state index contributed by atoms with van der Waals surface area (Å²) in [5.41, 5.74) is 0.664. The molecule has 0 saturated heterocycles. The maximum atomic E-state index is 12.3. The average molecular weight is 539 g/mol. The standard InChI is InChI=1S/C24H34N4O10/c1-15(29)25-12-13-38-19-8-3-2-6-16(19)14-20(30)26-11-5-4-7-17(22(33)34)27-24(37)28-18(23(35)36)9-10-21(31)32/h2-3,6,8,17-18H,4-5,7,9-14H2,1H3,(H,25,29)(H,26,30)(H,31,32)(H,33,34)(H,35,36)(H2,27,28,37)/t17-,18-/m0/s1. The highest BCUT2D eigenvalue weighted by Gasteiger charge is 2.24. The molecule has 0 unspecified atom stereocenters. The van der Waals surface area contributed by atoms with Crippen molar-refractivity contribution in [2.45, 2.75) is 57.5 Å². The van der Waals surface area contributed by atoms with Gasteiger partial charge >= 0.3 is 23.9 Å². The molecule has 7 N–H and O–H groups in total. The van der Waals surface area contributed by atoms with Gasteiger partial charge in [0.2, 0.25) is 11.8 Å². The van der Waals surface area contributed by atoms with Gasteiger partial charge in [-0.1, -0.05) is 18.2 Å². The number of urea groups is 1. The summed E-state index contributed by atoms with van der Waals surface area (Å²) in [4.78, 5) is 68.5. The van der Waals surface area contributed by atoms with E-state index in [1.54, 1.807) is 24.3 Å². The van der Waals surface area contributed by atoms with Gasteiger partial charge in [-0.15, -0.1) is 0 Å². The molecule has 0 aliphatic rings. The van der Waals surface area contributed by atoms with Crippen LogP contribution in [0.5, 0.6) is 5.75 Å². The summed E-state index contributed by atoms with van der Waals surface area (Å²) in [6.45, 7) is 2.24. The molecule has 0 radical (unpaired) electrons. The number of carboxylic acids is 3. The summed E-state index contributed by atoms with van der Waals surface area (Å²) in [5, 5.41) is 36.7. The lowest BCUT2D eigenvalue weighted by Crippen LogP contribution is -2.51. The Morgan fingerprint density at radius 3 is 2.08 bits per heavy atom. The van der Waals surface area contributed by atoms with Gasteiger partial charge < -0.3 is 41.3 Å². The Morgan fingerprint density at radius 1 is 0.842 bits per heavy atom. The van der Waals surface area contributed by atoms with Gasteiger partial charge in [0.1, 0.15) is 24.4 Å². The van der Waals surface area contributed by atoms with E-state index >= 15 is 0 Å². The largest absolute Gasteiger partial charge is 0.491 e. The number of rotatable bonds is 18. The predicted octanol–water partition coefficient (Wildman–Crippen LogP) is 0.101. The maximum Gasteiger partial charge on any atom is 0.326 e. The molecule has 1 rings (SSSR count). The lowest BCUT2D eigenvalue weighted by atomic mass is 10.1. The Bertz CT molecular complexity index is 985. The summed E-state index contributed by atoms with van der Waals surface area (Å²) in [7, 11) is 0. The number of carbonyl (C=O) groups is 6. The molecule has 210 valence electrons. The van der Waals surface area contributed by atoms with E-state index in [1.165, 1.54) is 6.92 Å². The third kappa shape index (κ3) is 13.7. The van der Waals surface area contributed by atoms with Gasteiger partial charge in [-0.25, -0.2) is 14.4 Å². The first kappa shape index (κ1) is 31.7. The van der Waals surface area contributed by atoms with Crippen LogP contribution in [0.3, 0.4) is 0 Å². The van der Waals surface area contributed by atoms with Gasteiger partial charge in [0, 0.05) is 25.5 Å². The van der Waals surface area contributed by atoms with E-state index in [-0.39, 0.29) is 44.2 Å². The SMILES string of the molecule is CC(=O)NCCOc1ccccc1CC(=O)NCCCC[C@H](NC(=O)N[C@@H](CCC(=O)O)C(=O)O)C(=O)O. The second-order valence-electron chi connectivity index (χ2n) is 8.29. The van der Waals surface area contributed by atoms with Crippen LogP contribution in [0.25, 0.3) is 0 Å². The van der Waals surface area contributed by atoms with Crippen LogP contribution in [-0.4, -0.2) is 82.9 Å². The molecule has 0 aliphatic heterocycles. The minimum absolute atomic E-state index is 0.0243. The minimum Gasteiger partial charge on any atom is -0.491 e. The van der Waals surface area contributed by atoms with Crippen LogP contribution >= 0.6 is 0 Å². The number of carbonyl (C=O) groups excluding carboxylic acids is 3. The number of ether oxygens (including phenoxy) is 1. The molecule has 1 aromatic rings. The second kappa shape index (κ2) is 17.2. The van der Waals surface area contributed by atoms with E-state index < -0.39 is 42.4 Å². The summed E-state index contributed by atoms with van der Waals surface area (Å²) >= 11 is 0. The predicted molar refractivity (Wildman–Crippen MR) is 133 cm³/mol. The van der Waals surface area contributed by atoms with E-state index in [2.05, 4.69) is 21.3 Å². The first-order chi connectivity index (χ1) is 18.0. The molecule has 0 bridgehead atoms.